The maximum atomic E-state index is 11.8. The molecule has 156 valence electrons. The second-order valence-electron chi connectivity index (χ2n) is 7.92. The van der Waals surface area contributed by atoms with E-state index in [0.29, 0.717) is 29.5 Å². The van der Waals surface area contributed by atoms with Crippen LogP contribution in [0.15, 0.2) is 35.5 Å². The maximum absolute atomic E-state index is 11.8. The maximum Gasteiger partial charge on any atom is 0.498 e. The van der Waals surface area contributed by atoms with E-state index in [9.17, 15) is 8.42 Å². The lowest BCUT2D eigenvalue weighted by Crippen LogP contribution is -2.41. The van der Waals surface area contributed by atoms with Gasteiger partial charge in [0.1, 0.15) is 5.75 Å². The minimum atomic E-state index is -3.33. The fraction of sp³-hybridized carbons (Fsp3) is 0.474. The summed E-state index contributed by atoms with van der Waals surface area (Å²) >= 11 is 0. The summed E-state index contributed by atoms with van der Waals surface area (Å²) in [5, 5.41) is 3.06. The molecule has 0 aliphatic carbocycles. The summed E-state index contributed by atoms with van der Waals surface area (Å²) in [6, 6.07) is 4.63. The Kier molecular flexibility index (Phi) is 5.63. The van der Waals surface area contributed by atoms with Gasteiger partial charge in [0.2, 0.25) is 5.95 Å². The molecule has 29 heavy (non-hydrogen) atoms. The molecule has 1 fully saturated rings. The van der Waals surface area contributed by atoms with Gasteiger partial charge < -0.3 is 19.4 Å². The summed E-state index contributed by atoms with van der Waals surface area (Å²) in [7, 11) is -3.87. The molecule has 0 atom stereocenters. The van der Waals surface area contributed by atoms with Gasteiger partial charge in [0.05, 0.1) is 28.4 Å². The van der Waals surface area contributed by atoms with Gasteiger partial charge in [-0.25, -0.2) is 18.4 Å². The van der Waals surface area contributed by atoms with Crippen LogP contribution in [0.2, 0.25) is 0 Å². The van der Waals surface area contributed by atoms with E-state index in [2.05, 4.69) is 15.3 Å². The van der Waals surface area contributed by atoms with Crippen LogP contribution in [0.1, 0.15) is 34.6 Å². The van der Waals surface area contributed by atoms with Crippen LogP contribution in [-0.4, -0.2) is 49.6 Å². The molecular formula is C19H26BN3O5S. The average molecular weight is 419 g/mol. The van der Waals surface area contributed by atoms with Gasteiger partial charge in [0.25, 0.3) is 0 Å². The summed E-state index contributed by atoms with van der Waals surface area (Å²) in [4.78, 5) is 8.84. The van der Waals surface area contributed by atoms with Crippen molar-refractivity contribution >= 4 is 34.1 Å². The molecule has 2 heterocycles. The van der Waals surface area contributed by atoms with Gasteiger partial charge in [0, 0.05) is 30.2 Å². The highest BCUT2D eigenvalue weighted by Gasteiger charge is 2.51. The quantitative estimate of drug-likeness (QED) is 0.713. The molecule has 0 amide bonds. The van der Waals surface area contributed by atoms with Crippen molar-refractivity contribution in [1.29, 1.82) is 0 Å². The first-order valence-electron chi connectivity index (χ1n) is 9.34. The number of anilines is 2. The van der Waals surface area contributed by atoms with Crippen molar-refractivity contribution in [3.05, 3.63) is 30.6 Å². The number of ether oxygens (including phenoxy) is 1. The molecule has 0 bridgehead atoms. The number of nitrogens with one attached hydrogen (secondary N) is 1. The predicted octanol–water partition coefficient (Wildman–Crippen LogP) is 2.32. The molecule has 10 heteroatoms. The minimum absolute atomic E-state index is 0.184. The molecule has 0 radical (unpaired) electrons. The van der Waals surface area contributed by atoms with Gasteiger partial charge in [-0.1, -0.05) is 0 Å². The van der Waals surface area contributed by atoms with Crippen molar-refractivity contribution in [2.24, 2.45) is 0 Å². The van der Waals surface area contributed by atoms with E-state index >= 15 is 0 Å². The Morgan fingerprint density at radius 1 is 1.10 bits per heavy atom. The summed E-state index contributed by atoms with van der Waals surface area (Å²) in [5.74, 6) is 0.757. The molecular weight excluding hydrogens is 393 g/mol. The number of hydrogen-bond acceptors (Lipinski definition) is 8. The molecule has 8 nitrogen and oxygen atoms in total. The van der Waals surface area contributed by atoms with Crippen molar-refractivity contribution in [2.75, 3.05) is 18.2 Å². The first-order valence-corrected chi connectivity index (χ1v) is 11.2. The Balaban J connectivity index is 1.80. The number of rotatable bonds is 6. The van der Waals surface area contributed by atoms with Crippen LogP contribution < -0.4 is 15.5 Å². The van der Waals surface area contributed by atoms with E-state index in [4.69, 9.17) is 14.0 Å². The second-order valence-corrected chi connectivity index (χ2v) is 9.93. The number of benzene rings is 1. The third-order valence-electron chi connectivity index (χ3n) is 5.12. The fourth-order valence-corrected chi connectivity index (χ4v) is 3.37. The van der Waals surface area contributed by atoms with Crippen LogP contribution in [-0.2, 0) is 19.1 Å². The minimum Gasteiger partial charge on any atom is -0.492 e. The summed E-state index contributed by atoms with van der Waals surface area (Å²) < 4.78 is 41.2. The predicted molar refractivity (Wildman–Crippen MR) is 112 cm³/mol. The molecule has 1 N–H and O–H groups in total. The highest BCUT2D eigenvalue weighted by atomic mass is 32.2. The SMILES string of the molecule is CCOc1cc(S(C)(=O)=O)ccc1Nc1ncc(B2OC(C)(C)C(C)(C)O2)cn1. The fourth-order valence-electron chi connectivity index (χ4n) is 2.74. The van der Waals surface area contributed by atoms with Gasteiger partial charge in [-0.2, -0.15) is 0 Å². The first-order chi connectivity index (χ1) is 13.4. The third-order valence-corrected chi connectivity index (χ3v) is 6.24. The highest BCUT2D eigenvalue weighted by molar-refractivity contribution is 7.90. The van der Waals surface area contributed by atoms with Gasteiger partial charge in [-0.15, -0.1) is 0 Å². The van der Waals surface area contributed by atoms with Crippen molar-refractivity contribution in [3.8, 4) is 5.75 Å². The lowest BCUT2D eigenvalue weighted by Gasteiger charge is -2.32. The zero-order valence-electron chi connectivity index (χ0n) is 17.5. The Morgan fingerprint density at radius 2 is 1.69 bits per heavy atom. The van der Waals surface area contributed by atoms with Crippen LogP contribution in [0.25, 0.3) is 0 Å². The number of hydrogen-bond donors (Lipinski definition) is 1. The molecule has 1 aliphatic rings. The van der Waals surface area contributed by atoms with Crippen molar-refractivity contribution in [1.82, 2.24) is 9.97 Å². The molecule has 3 rings (SSSR count). The standard InChI is InChI=1S/C19H26BN3O5S/c1-7-26-16-10-14(29(6,24)25)8-9-15(16)23-17-21-11-13(12-22-17)20-27-18(2,3)19(4,5)28-20/h8-12H,7H2,1-6H3,(H,21,22,23). The van der Waals surface area contributed by atoms with Crippen molar-refractivity contribution in [3.63, 3.8) is 0 Å². The first kappa shape index (κ1) is 21.5. The number of aromatic nitrogens is 2. The monoisotopic (exact) mass is 419 g/mol. The van der Waals surface area contributed by atoms with Crippen LogP contribution in [0.3, 0.4) is 0 Å². The van der Waals surface area contributed by atoms with Crippen molar-refractivity contribution < 1.29 is 22.5 Å². The third kappa shape index (κ3) is 4.54. The zero-order valence-corrected chi connectivity index (χ0v) is 18.3. The van der Waals surface area contributed by atoms with Gasteiger partial charge in [0.15, 0.2) is 9.84 Å². The van der Waals surface area contributed by atoms with Crippen molar-refractivity contribution in [2.45, 2.75) is 50.7 Å². The average Bonchev–Trinajstić information content (AvgIpc) is 2.84. The number of sulfone groups is 1. The molecule has 1 aromatic carbocycles. The molecule has 0 spiro atoms. The molecule has 1 saturated heterocycles. The Morgan fingerprint density at radius 3 is 2.21 bits per heavy atom. The highest BCUT2D eigenvalue weighted by Crippen LogP contribution is 2.36. The Hall–Kier alpha value is -2.17. The topological polar surface area (TPSA) is 99.6 Å². The summed E-state index contributed by atoms with van der Waals surface area (Å²) in [5.41, 5.74) is 0.402. The normalized spacial score (nSPS) is 17.9. The molecule has 2 aromatic rings. The molecule has 1 aromatic heterocycles. The van der Waals surface area contributed by atoms with E-state index in [1.54, 1.807) is 18.5 Å². The van der Waals surface area contributed by atoms with Gasteiger partial charge >= 0.3 is 7.12 Å². The van der Waals surface area contributed by atoms with Crippen LogP contribution in [0, 0.1) is 0 Å². The van der Waals surface area contributed by atoms with E-state index in [1.807, 2.05) is 34.6 Å². The van der Waals surface area contributed by atoms with E-state index in [-0.39, 0.29) is 4.90 Å². The summed E-state index contributed by atoms with van der Waals surface area (Å²) in [6.45, 7) is 10.2. The molecule has 0 unspecified atom stereocenters. The Labute approximate surface area is 172 Å². The smallest absolute Gasteiger partial charge is 0.492 e. The van der Waals surface area contributed by atoms with E-state index in [0.717, 1.165) is 6.26 Å². The molecule has 1 aliphatic heterocycles. The van der Waals surface area contributed by atoms with E-state index in [1.165, 1.54) is 12.1 Å². The Bertz CT molecular complexity index is 977. The van der Waals surface area contributed by atoms with Gasteiger partial charge in [-0.3, -0.25) is 0 Å². The van der Waals surface area contributed by atoms with Crippen LogP contribution in [0.5, 0.6) is 5.75 Å². The molecule has 0 saturated carbocycles. The summed E-state index contributed by atoms with van der Waals surface area (Å²) in [6.07, 6.45) is 4.44. The van der Waals surface area contributed by atoms with Gasteiger partial charge in [-0.05, 0) is 46.8 Å². The largest absolute Gasteiger partial charge is 0.498 e. The van der Waals surface area contributed by atoms with Crippen LogP contribution in [0.4, 0.5) is 11.6 Å². The lowest BCUT2D eigenvalue weighted by molar-refractivity contribution is 0.00578. The van der Waals surface area contributed by atoms with Crippen LogP contribution >= 0.6 is 0 Å². The van der Waals surface area contributed by atoms with E-state index < -0.39 is 28.2 Å². The number of nitrogens with zero attached hydrogens (tertiary/aromatic N) is 2. The zero-order chi connectivity index (χ0) is 21.4. The second kappa shape index (κ2) is 7.58. The lowest BCUT2D eigenvalue weighted by atomic mass is 9.81.